The van der Waals surface area contributed by atoms with Crippen molar-refractivity contribution in [3.05, 3.63) is 77.4 Å². The van der Waals surface area contributed by atoms with Gasteiger partial charge in [-0.15, -0.1) is 0 Å². The first-order valence-electron chi connectivity index (χ1n) is 9.53. The van der Waals surface area contributed by atoms with Crippen LogP contribution in [0.5, 0.6) is 0 Å². The molecule has 0 N–H and O–H groups in total. The monoisotopic (exact) mass is 426 g/mol. The molecule has 1 aliphatic rings. The summed E-state index contributed by atoms with van der Waals surface area (Å²) in [5.74, 6) is 1.03. The zero-order valence-corrected chi connectivity index (χ0v) is 17.5. The van der Waals surface area contributed by atoms with Crippen LogP contribution in [-0.4, -0.2) is 60.9 Å². The second kappa shape index (κ2) is 8.00. The van der Waals surface area contributed by atoms with Gasteiger partial charge in [-0.2, -0.15) is 4.98 Å². The number of rotatable bonds is 6. The van der Waals surface area contributed by atoms with E-state index < -0.39 is 10.0 Å². The minimum absolute atomic E-state index is 0.0133. The number of carbonyl (C=O) groups is 1. The lowest BCUT2D eigenvalue weighted by Crippen LogP contribution is -2.48. The van der Waals surface area contributed by atoms with E-state index in [1.807, 2.05) is 30.3 Å². The van der Waals surface area contributed by atoms with Crippen LogP contribution < -0.4 is 0 Å². The van der Waals surface area contributed by atoms with Crippen molar-refractivity contribution in [2.45, 2.75) is 17.2 Å². The smallest absolute Gasteiger partial charge is 0.253 e. The molecule has 0 saturated carbocycles. The predicted molar refractivity (Wildman–Crippen MR) is 110 cm³/mol. The van der Waals surface area contributed by atoms with Gasteiger partial charge in [-0.25, -0.2) is 12.7 Å². The van der Waals surface area contributed by atoms with Gasteiger partial charge < -0.3 is 9.42 Å². The molecule has 8 nitrogen and oxygen atoms in total. The lowest BCUT2D eigenvalue weighted by atomic mass is 9.98. The molecular formula is C21H22N4O4S. The third-order valence-corrected chi connectivity index (χ3v) is 6.92. The fraction of sp³-hybridized carbons (Fsp3) is 0.286. The second-order valence-corrected chi connectivity index (χ2v) is 9.58. The summed E-state index contributed by atoms with van der Waals surface area (Å²) in [6.07, 6.45) is 0.599. The van der Waals surface area contributed by atoms with Crippen LogP contribution in [0.3, 0.4) is 0 Å². The van der Waals surface area contributed by atoms with Crippen molar-refractivity contribution in [2.75, 3.05) is 27.2 Å². The maximum absolute atomic E-state index is 12.6. The highest BCUT2D eigenvalue weighted by molar-refractivity contribution is 7.89. The molecule has 2 heterocycles. The van der Waals surface area contributed by atoms with E-state index in [2.05, 4.69) is 10.1 Å². The van der Waals surface area contributed by atoms with E-state index in [0.29, 0.717) is 36.8 Å². The Labute approximate surface area is 175 Å². The van der Waals surface area contributed by atoms with E-state index >= 15 is 0 Å². The van der Waals surface area contributed by atoms with Crippen LogP contribution in [0.4, 0.5) is 0 Å². The van der Waals surface area contributed by atoms with Crippen molar-refractivity contribution >= 4 is 15.9 Å². The van der Waals surface area contributed by atoms with Gasteiger partial charge in [-0.05, 0) is 29.8 Å². The van der Waals surface area contributed by atoms with Crippen LogP contribution in [-0.2, 0) is 16.4 Å². The maximum Gasteiger partial charge on any atom is 0.253 e. The molecule has 0 unspecified atom stereocenters. The molecule has 1 amide bonds. The second-order valence-electron chi connectivity index (χ2n) is 7.43. The van der Waals surface area contributed by atoms with Gasteiger partial charge in [-0.3, -0.25) is 4.79 Å². The summed E-state index contributed by atoms with van der Waals surface area (Å²) < 4.78 is 30.8. The summed E-state index contributed by atoms with van der Waals surface area (Å²) >= 11 is 0. The van der Waals surface area contributed by atoms with Gasteiger partial charge in [0.1, 0.15) is 0 Å². The van der Waals surface area contributed by atoms with Crippen LogP contribution >= 0.6 is 0 Å². The zero-order chi connectivity index (χ0) is 21.3. The van der Waals surface area contributed by atoms with Gasteiger partial charge in [0.05, 0.1) is 10.8 Å². The third kappa shape index (κ3) is 3.99. The molecule has 1 aliphatic heterocycles. The van der Waals surface area contributed by atoms with Crippen molar-refractivity contribution in [1.29, 1.82) is 0 Å². The summed E-state index contributed by atoms with van der Waals surface area (Å²) in [5, 5.41) is 4.04. The van der Waals surface area contributed by atoms with Gasteiger partial charge in [0.15, 0.2) is 5.82 Å². The molecule has 0 aliphatic carbocycles. The average molecular weight is 426 g/mol. The highest BCUT2D eigenvalue weighted by atomic mass is 32.2. The minimum Gasteiger partial charge on any atom is -0.339 e. The Hall–Kier alpha value is -3.04. The molecule has 2 aromatic carbocycles. The summed E-state index contributed by atoms with van der Waals surface area (Å²) in [6.45, 7) is 0.979. The van der Waals surface area contributed by atoms with E-state index in [1.54, 1.807) is 4.90 Å². The quantitative estimate of drug-likeness (QED) is 0.599. The topological polar surface area (TPSA) is 96.6 Å². The first-order valence-corrected chi connectivity index (χ1v) is 11.0. The third-order valence-electron chi connectivity index (χ3n) is 5.09. The number of nitrogens with zero attached hydrogens (tertiary/aromatic N) is 4. The van der Waals surface area contributed by atoms with Crippen molar-refractivity contribution in [2.24, 2.45) is 0 Å². The molecule has 0 bridgehead atoms. The van der Waals surface area contributed by atoms with Gasteiger partial charge >= 0.3 is 0 Å². The summed E-state index contributed by atoms with van der Waals surface area (Å²) in [4.78, 5) is 18.9. The molecule has 0 atom stereocenters. The van der Waals surface area contributed by atoms with E-state index in [-0.39, 0.29) is 16.7 Å². The Kier molecular flexibility index (Phi) is 5.40. The number of aromatic nitrogens is 2. The maximum atomic E-state index is 12.6. The van der Waals surface area contributed by atoms with Gasteiger partial charge in [0, 0.05) is 39.2 Å². The largest absolute Gasteiger partial charge is 0.339 e. The Balaban J connectivity index is 1.36. The van der Waals surface area contributed by atoms with E-state index in [1.165, 1.54) is 38.4 Å². The SMILES string of the molecule is CN(C)S(=O)(=O)c1ccc(C(=O)N2CC(c3nc(Cc4ccccc4)no3)C2)cc1. The molecule has 3 aromatic rings. The molecule has 156 valence electrons. The Morgan fingerprint density at radius 1 is 1.10 bits per heavy atom. The first kappa shape index (κ1) is 20.2. The highest BCUT2D eigenvalue weighted by Crippen LogP contribution is 2.28. The van der Waals surface area contributed by atoms with Gasteiger partial charge in [-0.1, -0.05) is 35.5 Å². The van der Waals surface area contributed by atoms with Gasteiger partial charge in [0.25, 0.3) is 5.91 Å². The van der Waals surface area contributed by atoms with Crippen LogP contribution in [0.25, 0.3) is 0 Å². The predicted octanol–water partition coefficient (Wildman–Crippen LogP) is 2.15. The molecule has 1 fully saturated rings. The van der Waals surface area contributed by atoms with Crippen LogP contribution in [0.1, 0.15) is 33.6 Å². The lowest BCUT2D eigenvalue weighted by Gasteiger charge is -2.37. The Bertz CT molecular complexity index is 1140. The number of carbonyl (C=O) groups excluding carboxylic acids is 1. The normalized spacial score (nSPS) is 14.7. The highest BCUT2D eigenvalue weighted by Gasteiger charge is 2.36. The fourth-order valence-corrected chi connectivity index (χ4v) is 4.15. The number of amides is 1. The summed E-state index contributed by atoms with van der Waals surface area (Å²) in [5.41, 5.74) is 1.55. The van der Waals surface area contributed by atoms with Gasteiger partial charge in [0.2, 0.25) is 15.9 Å². The molecule has 1 aromatic heterocycles. The molecule has 9 heteroatoms. The molecule has 0 radical (unpaired) electrons. The van der Waals surface area contributed by atoms with Crippen LogP contribution in [0, 0.1) is 0 Å². The summed E-state index contributed by atoms with van der Waals surface area (Å²) in [7, 11) is -0.576. The number of hydrogen-bond donors (Lipinski definition) is 0. The standard InChI is InChI=1S/C21H22N4O4S/c1-24(2)30(27,28)18-10-8-16(9-11-18)21(26)25-13-17(14-25)20-22-19(23-29-20)12-15-6-4-3-5-7-15/h3-11,17H,12-14H2,1-2H3. The number of likely N-dealkylation sites (tertiary alicyclic amines) is 1. The van der Waals surface area contributed by atoms with Crippen molar-refractivity contribution < 1.29 is 17.7 Å². The molecule has 1 saturated heterocycles. The fourth-order valence-electron chi connectivity index (χ4n) is 3.25. The van der Waals surface area contributed by atoms with Crippen molar-refractivity contribution in [3.63, 3.8) is 0 Å². The number of hydrogen-bond acceptors (Lipinski definition) is 6. The molecule has 30 heavy (non-hydrogen) atoms. The van der Waals surface area contributed by atoms with Crippen LogP contribution in [0.2, 0.25) is 0 Å². The van der Waals surface area contributed by atoms with Crippen molar-refractivity contribution in [1.82, 2.24) is 19.3 Å². The molecular weight excluding hydrogens is 404 g/mol. The van der Waals surface area contributed by atoms with E-state index in [9.17, 15) is 13.2 Å². The minimum atomic E-state index is -3.52. The molecule has 4 rings (SSSR count). The zero-order valence-electron chi connectivity index (χ0n) is 16.7. The van der Waals surface area contributed by atoms with E-state index in [0.717, 1.165) is 9.87 Å². The Morgan fingerprint density at radius 3 is 2.40 bits per heavy atom. The number of benzene rings is 2. The first-order chi connectivity index (χ1) is 14.3. The van der Waals surface area contributed by atoms with Crippen molar-refractivity contribution in [3.8, 4) is 0 Å². The van der Waals surface area contributed by atoms with Crippen LogP contribution in [0.15, 0.2) is 64.0 Å². The lowest BCUT2D eigenvalue weighted by molar-refractivity contribution is 0.0569. The molecule has 0 spiro atoms. The summed E-state index contributed by atoms with van der Waals surface area (Å²) in [6, 6.07) is 15.9. The average Bonchev–Trinajstić information content (AvgIpc) is 3.15. The van der Waals surface area contributed by atoms with E-state index in [4.69, 9.17) is 4.52 Å². The Morgan fingerprint density at radius 2 is 1.77 bits per heavy atom. The number of sulfonamides is 1.